The van der Waals surface area contributed by atoms with Gasteiger partial charge in [0.2, 0.25) is 0 Å². The molecular weight excluding hydrogens is 681 g/mol. The Morgan fingerprint density at radius 1 is 1.03 bits per heavy atom. The maximum Gasteiger partial charge on any atom is 0.151 e. The lowest BCUT2D eigenvalue weighted by molar-refractivity contribution is 0.470. The summed E-state index contributed by atoms with van der Waals surface area (Å²) in [7, 11) is 0. The number of phenolic OH excluding ortho intramolecular Hbond substituents is 1. The maximum atomic E-state index is 14.1. The normalized spacial score (nSPS) is 11.7. The second-order valence-electron chi connectivity index (χ2n) is 7.26. The van der Waals surface area contributed by atoms with Gasteiger partial charge < -0.3 is 5.11 Å². The van der Waals surface area contributed by atoms with Gasteiger partial charge in [-0.3, -0.25) is 4.99 Å². The van der Waals surface area contributed by atoms with Crippen LogP contribution in [0.15, 0.2) is 76.1 Å². The maximum absolute atomic E-state index is 14.1. The van der Waals surface area contributed by atoms with E-state index in [0.717, 1.165) is 44.1 Å². The largest absolute Gasteiger partial charge is 0.506 e. The van der Waals surface area contributed by atoms with E-state index in [1.54, 1.807) is 29.3 Å². The Kier molecular flexibility index (Phi) is 6.86. The number of benzene rings is 4. The molecule has 0 radical (unpaired) electrons. The van der Waals surface area contributed by atoms with Crippen LogP contribution >= 0.6 is 68.3 Å². The highest BCUT2D eigenvalue weighted by Gasteiger charge is 2.10. The van der Waals surface area contributed by atoms with E-state index in [9.17, 15) is 9.50 Å². The Balaban J connectivity index is 1.37. The van der Waals surface area contributed by atoms with Crippen molar-refractivity contribution in [1.82, 2.24) is 4.98 Å². The number of aromatic nitrogens is 1. The minimum atomic E-state index is -0.194. The number of halogens is 3. The topological polar surface area (TPSA) is 45.5 Å². The third-order valence-corrected chi connectivity index (χ3v) is 8.73. The molecule has 4 aromatic carbocycles. The van der Waals surface area contributed by atoms with Crippen LogP contribution in [-0.2, 0) is 5.75 Å². The van der Waals surface area contributed by atoms with Crippen LogP contribution in [0.5, 0.6) is 5.75 Å². The highest BCUT2D eigenvalue weighted by Crippen LogP contribution is 2.35. The lowest BCUT2D eigenvalue weighted by Crippen LogP contribution is -1.87. The fraction of sp³-hybridized carbons (Fsp3) is 0.0400. The zero-order valence-corrected chi connectivity index (χ0v) is 22.9. The Bertz CT molecular complexity index is 1530. The lowest BCUT2D eigenvalue weighted by atomic mass is 10.1. The molecule has 0 fully saturated rings. The molecule has 0 amide bonds. The van der Waals surface area contributed by atoms with Crippen molar-refractivity contribution in [2.45, 2.75) is 10.1 Å². The number of phenols is 1. The lowest BCUT2D eigenvalue weighted by Gasteiger charge is -2.06. The summed E-state index contributed by atoms with van der Waals surface area (Å²) in [5.41, 5.74) is 3.52. The summed E-state index contributed by atoms with van der Waals surface area (Å²) in [6.07, 6.45) is 1.69. The Morgan fingerprint density at radius 3 is 2.70 bits per heavy atom. The van der Waals surface area contributed by atoms with E-state index in [0.29, 0.717) is 10.9 Å². The summed E-state index contributed by atoms with van der Waals surface area (Å²) >= 11 is 7.62. The number of thioether (sulfide) groups is 1. The Labute approximate surface area is 225 Å². The predicted octanol–water partition coefficient (Wildman–Crippen LogP) is 8.55. The van der Waals surface area contributed by atoms with Crippen molar-refractivity contribution < 1.29 is 9.50 Å². The molecule has 164 valence electrons. The molecule has 0 aliphatic heterocycles. The van der Waals surface area contributed by atoms with Crippen LogP contribution < -0.4 is 0 Å². The third-order valence-electron chi connectivity index (χ3n) is 5.08. The summed E-state index contributed by atoms with van der Waals surface area (Å²) in [4.78, 5) is 9.30. The molecule has 0 aliphatic rings. The smallest absolute Gasteiger partial charge is 0.151 e. The molecule has 0 unspecified atom stereocenters. The van der Waals surface area contributed by atoms with E-state index in [2.05, 4.69) is 50.2 Å². The van der Waals surface area contributed by atoms with Gasteiger partial charge in [0.15, 0.2) is 4.34 Å². The van der Waals surface area contributed by atoms with Crippen LogP contribution in [0.2, 0.25) is 0 Å². The predicted molar refractivity (Wildman–Crippen MR) is 154 cm³/mol. The third kappa shape index (κ3) is 5.03. The Hall–Kier alpha value is -1.76. The minimum absolute atomic E-state index is 0.194. The first-order valence-corrected chi connectivity index (χ1v) is 13.9. The van der Waals surface area contributed by atoms with Gasteiger partial charge in [0, 0.05) is 26.5 Å². The number of hydrogen-bond donors (Lipinski definition) is 1. The molecule has 1 aromatic heterocycles. The van der Waals surface area contributed by atoms with Gasteiger partial charge in [-0.2, -0.15) is 0 Å². The van der Waals surface area contributed by atoms with Crippen molar-refractivity contribution in [1.29, 1.82) is 0 Å². The second kappa shape index (κ2) is 9.85. The number of rotatable bonds is 5. The molecular formula is C25H15FI2N2OS2. The average molecular weight is 696 g/mol. The number of aliphatic imine (C=N–C) groups is 1. The monoisotopic (exact) mass is 696 g/mol. The number of nitrogens with zero attached hydrogens (tertiary/aromatic N) is 2. The molecule has 0 aliphatic carbocycles. The highest BCUT2D eigenvalue weighted by atomic mass is 127. The highest BCUT2D eigenvalue weighted by molar-refractivity contribution is 14.1. The number of fused-ring (bicyclic) bond motifs is 2. The summed E-state index contributed by atoms with van der Waals surface area (Å²) in [5.74, 6) is 0.766. The summed E-state index contributed by atoms with van der Waals surface area (Å²) in [6, 6.07) is 20.7. The molecule has 0 saturated heterocycles. The molecule has 3 nitrogen and oxygen atoms in total. The molecule has 5 aromatic rings. The molecule has 0 atom stereocenters. The van der Waals surface area contributed by atoms with Gasteiger partial charge in [-0.05, 0) is 92.5 Å². The van der Waals surface area contributed by atoms with Crippen LogP contribution in [0, 0.1) is 13.0 Å². The standard InChI is InChI=1S/C25H15FI2N2OS2/c26-20-7-5-14(18-3-1-2-4-19(18)20)13-32-25-30-22-8-6-17(11-23(22)33-25)29-12-15-9-16(27)10-21(28)24(15)31/h1-12,31H,13H2. The van der Waals surface area contributed by atoms with Crippen molar-refractivity contribution in [3.63, 3.8) is 0 Å². The van der Waals surface area contributed by atoms with Crippen molar-refractivity contribution in [2.75, 3.05) is 0 Å². The van der Waals surface area contributed by atoms with E-state index in [1.165, 1.54) is 6.07 Å². The van der Waals surface area contributed by atoms with Crippen molar-refractivity contribution >= 4 is 101 Å². The first kappa shape index (κ1) is 23.0. The van der Waals surface area contributed by atoms with Crippen molar-refractivity contribution in [2.24, 2.45) is 4.99 Å². The van der Waals surface area contributed by atoms with Gasteiger partial charge in [0.1, 0.15) is 11.6 Å². The zero-order valence-electron chi connectivity index (χ0n) is 16.9. The van der Waals surface area contributed by atoms with E-state index in [1.807, 2.05) is 60.7 Å². The summed E-state index contributed by atoms with van der Waals surface area (Å²) in [5, 5.41) is 11.9. The van der Waals surface area contributed by atoms with E-state index in [-0.39, 0.29) is 11.6 Å². The molecule has 0 saturated carbocycles. The first-order valence-electron chi connectivity index (χ1n) is 9.89. The molecule has 5 rings (SSSR count). The fourth-order valence-corrected chi connectivity index (χ4v) is 7.45. The van der Waals surface area contributed by atoms with Crippen molar-refractivity contribution in [3.05, 3.63) is 90.8 Å². The zero-order chi connectivity index (χ0) is 22.9. The molecule has 0 bridgehead atoms. The number of hydrogen-bond acceptors (Lipinski definition) is 5. The molecule has 1 N–H and O–H groups in total. The molecule has 8 heteroatoms. The number of thiazole rings is 1. The van der Waals surface area contributed by atoms with Gasteiger partial charge in [-0.25, -0.2) is 9.37 Å². The molecule has 33 heavy (non-hydrogen) atoms. The van der Waals surface area contributed by atoms with Gasteiger partial charge in [0.05, 0.1) is 19.5 Å². The fourth-order valence-electron chi connectivity index (χ4n) is 3.45. The number of aromatic hydroxyl groups is 1. The second-order valence-corrected chi connectivity index (χ2v) is 11.9. The Morgan fingerprint density at radius 2 is 1.85 bits per heavy atom. The minimum Gasteiger partial charge on any atom is -0.506 e. The van der Waals surface area contributed by atoms with Crippen LogP contribution in [0.1, 0.15) is 11.1 Å². The summed E-state index contributed by atoms with van der Waals surface area (Å²) < 4.78 is 18.0. The van der Waals surface area contributed by atoms with Gasteiger partial charge in [-0.15, -0.1) is 11.3 Å². The van der Waals surface area contributed by atoms with E-state index in [4.69, 9.17) is 4.98 Å². The van der Waals surface area contributed by atoms with Crippen LogP contribution in [-0.4, -0.2) is 16.3 Å². The van der Waals surface area contributed by atoms with Gasteiger partial charge in [0.25, 0.3) is 0 Å². The quantitative estimate of drug-likeness (QED) is 0.114. The first-order chi connectivity index (χ1) is 16.0. The van der Waals surface area contributed by atoms with Crippen LogP contribution in [0.4, 0.5) is 10.1 Å². The average Bonchev–Trinajstić information content (AvgIpc) is 3.22. The SMILES string of the molecule is Oc1c(I)cc(I)cc1C=Nc1ccc2nc(SCc3ccc(F)c4ccccc34)sc2c1. The van der Waals surface area contributed by atoms with Crippen molar-refractivity contribution in [3.8, 4) is 5.75 Å². The molecule has 1 heterocycles. The summed E-state index contributed by atoms with van der Waals surface area (Å²) in [6.45, 7) is 0. The van der Waals surface area contributed by atoms with Gasteiger partial charge in [-0.1, -0.05) is 42.1 Å². The van der Waals surface area contributed by atoms with Crippen LogP contribution in [0.3, 0.4) is 0 Å². The molecule has 0 spiro atoms. The van der Waals surface area contributed by atoms with E-state index < -0.39 is 0 Å². The van der Waals surface area contributed by atoms with Gasteiger partial charge >= 0.3 is 0 Å². The van der Waals surface area contributed by atoms with Crippen LogP contribution in [0.25, 0.3) is 21.0 Å². The van der Waals surface area contributed by atoms with E-state index >= 15 is 0 Å².